The van der Waals surface area contributed by atoms with Crippen LogP contribution in [-0.4, -0.2) is 50.3 Å². The molecule has 1 spiro atoms. The van der Waals surface area contributed by atoms with Gasteiger partial charge in [0.25, 0.3) is 0 Å². The Morgan fingerprint density at radius 3 is 3.00 bits per heavy atom. The van der Waals surface area contributed by atoms with E-state index in [9.17, 15) is 0 Å². The highest BCUT2D eigenvalue weighted by Crippen LogP contribution is 2.38. The molecule has 0 aromatic heterocycles. The first kappa shape index (κ1) is 18.3. The van der Waals surface area contributed by atoms with E-state index in [0.29, 0.717) is 23.6 Å². The molecule has 0 aliphatic carbocycles. The average Bonchev–Trinajstić information content (AvgIpc) is 3.23. The van der Waals surface area contributed by atoms with Gasteiger partial charge in [-0.3, -0.25) is 0 Å². The first-order chi connectivity index (χ1) is 12.2. The van der Waals surface area contributed by atoms with Crippen molar-refractivity contribution in [3.63, 3.8) is 0 Å². The standard InChI is InChI=1S/C19H28ClN3O2/c1-3-21-18(23-9-7-19(13-23)8-10-24-14-19)22-12-15-5-6-16(20)11-17(15)25-4-2/h5-6,11H,3-4,7-10,12-14H2,1-2H3,(H,21,22). The third-order valence-corrected chi connectivity index (χ3v) is 5.22. The number of nitrogens with one attached hydrogen (secondary N) is 1. The number of halogens is 1. The molecule has 2 aliphatic rings. The Kier molecular flexibility index (Phi) is 6.07. The molecule has 2 aliphatic heterocycles. The molecule has 1 aromatic rings. The zero-order valence-electron chi connectivity index (χ0n) is 15.2. The van der Waals surface area contributed by atoms with Gasteiger partial charge in [0.05, 0.1) is 19.8 Å². The SMILES string of the molecule is CCNC(=NCc1ccc(Cl)cc1OCC)N1CCC2(CCOC2)C1. The fourth-order valence-corrected chi connectivity index (χ4v) is 3.78. The summed E-state index contributed by atoms with van der Waals surface area (Å²) in [5.41, 5.74) is 1.38. The molecular weight excluding hydrogens is 338 g/mol. The lowest BCUT2D eigenvalue weighted by atomic mass is 9.87. The van der Waals surface area contributed by atoms with E-state index in [2.05, 4.69) is 17.1 Å². The summed E-state index contributed by atoms with van der Waals surface area (Å²) in [5, 5.41) is 4.12. The lowest BCUT2D eigenvalue weighted by molar-refractivity contribution is 0.156. The van der Waals surface area contributed by atoms with Crippen LogP contribution in [-0.2, 0) is 11.3 Å². The van der Waals surface area contributed by atoms with Crippen LogP contribution in [0.15, 0.2) is 23.2 Å². The van der Waals surface area contributed by atoms with E-state index in [1.54, 1.807) is 0 Å². The molecule has 25 heavy (non-hydrogen) atoms. The second kappa shape index (κ2) is 8.28. The Labute approximate surface area is 155 Å². The molecule has 0 amide bonds. The Morgan fingerprint density at radius 1 is 1.40 bits per heavy atom. The molecule has 1 N–H and O–H groups in total. The Hall–Kier alpha value is -1.46. The van der Waals surface area contributed by atoms with Crippen LogP contribution in [0.4, 0.5) is 0 Å². The molecule has 3 rings (SSSR count). The van der Waals surface area contributed by atoms with E-state index in [0.717, 1.165) is 56.5 Å². The molecule has 0 saturated carbocycles. The number of hydrogen-bond donors (Lipinski definition) is 1. The fourth-order valence-electron chi connectivity index (χ4n) is 3.62. The maximum absolute atomic E-state index is 6.09. The number of benzene rings is 1. The number of hydrogen-bond acceptors (Lipinski definition) is 3. The molecule has 1 aromatic carbocycles. The molecule has 1 atom stereocenters. The predicted molar refractivity (Wildman–Crippen MR) is 101 cm³/mol. The van der Waals surface area contributed by atoms with Crippen molar-refractivity contribution in [3.05, 3.63) is 28.8 Å². The zero-order chi connectivity index (χ0) is 17.7. The molecule has 0 bridgehead atoms. The van der Waals surface area contributed by atoms with Gasteiger partial charge in [0.2, 0.25) is 0 Å². The summed E-state index contributed by atoms with van der Waals surface area (Å²) in [6.45, 7) is 9.97. The Bertz CT molecular complexity index is 615. The lowest BCUT2D eigenvalue weighted by Crippen LogP contribution is -2.41. The van der Waals surface area contributed by atoms with Crippen molar-refractivity contribution in [2.24, 2.45) is 10.4 Å². The van der Waals surface area contributed by atoms with Crippen LogP contribution in [0.1, 0.15) is 32.3 Å². The molecule has 6 heteroatoms. The monoisotopic (exact) mass is 365 g/mol. The minimum absolute atomic E-state index is 0.326. The number of aliphatic imine (C=N–C) groups is 1. The quantitative estimate of drug-likeness (QED) is 0.642. The maximum Gasteiger partial charge on any atom is 0.194 e. The highest BCUT2D eigenvalue weighted by Gasteiger charge is 2.42. The fraction of sp³-hybridized carbons (Fsp3) is 0.632. The summed E-state index contributed by atoms with van der Waals surface area (Å²) < 4.78 is 11.3. The van der Waals surface area contributed by atoms with E-state index in [1.165, 1.54) is 6.42 Å². The van der Waals surface area contributed by atoms with E-state index in [1.807, 2.05) is 25.1 Å². The molecule has 1 unspecified atom stereocenters. The minimum Gasteiger partial charge on any atom is -0.493 e. The van der Waals surface area contributed by atoms with Crippen molar-refractivity contribution in [1.82, 2.24) is 10.2 Å². The normalized spacial score (nSPS) is 23.5. The van der Waals surface area contributed by atoms with Crippen molar-refractivity contribution >= 4 is 17.6 Å². The summed E-state index contributed by atoms with van der Waals surface area (Å²) in [5.74, 6) is 1.79. The van der Waals surface area contributed by atoms with Crippen LogP contribution >= 0.6 is 11.6 Å². The summed E-state index contributed by atoms with van der Waals surface area (Å²) in [7, 11) is 0. The number of guanidine groups is 1. The van der Waals surface area contributed by atoms with E-state index >= 15 is 0 Å². The Balaban J connectivity index is 1.73. The minimum atomic E-state index is 0.326. The lowest BCUT2D eigenvalue weighted by Gasteiger charge is -2.25. The van der Waals surface area contributed by atoms with Crippen molar-refractivity contribution in [2.75, 3.05) is 39.5 Å². The van der Waals surface area contributed by atoms with Crippen LogP contribution in [0.5, 0.6) is 5.75 Å². The summed E-state index contributed by atoms with van der Waals surface area (Å²) in [6.07, 6.45) is 2.34. The molecule has 2 fully saturated rings. The first-order valence-corrected chi connectivity index (χ1v) is 9.56. The van der Waals surface area contributed by atoms with Crippen molar-refractivity contribution in [3.8, 4) is 5.75 Å². The number of ether oxygens (including phenoxy) is 2. The van der Waals surface area contributed by atoms with Crippen LogP contribution in [0, 0.1) is 5.41 Å². The molecule has 5 nitrogen and oxygen atoms in total. The topological polar surface area (TPSA) is 46.1 Å². The van der Waals surface area contributed by atoms with E-state index in [4.69, 9.17) is 26.1 Å². The second-order valence-electron chi connectivity index (χ2n) is 6.83. The molecule has 0 radical (unpaired) electrons. The van der Waals surface area contributed by atoms with Gasteiger partial charge < -0.3 is 19.7 Å². The van der Waals surface area contributed by atoms with Crippen LogP contribution in [0.2, 0.25) is 5.02 Å². The van der Waals surface area contributed by atoms with Gasteiger partial charge in [-0.15, -0.1) is 0 Å². The average molecular weight is 366 g/mol. The van der Waals surface area contributed by atoms with Gasteiger partial charge in [0.1, 0.15) is 5.75 Å². The highest BCUT2D eigenvalue weighted by molar-refractivity contribution is 6.30. The zero-order valence-corrected chi connectivity index (χ0v) is 15.9. The summed E-state index contributed by atoms with van der Waals surface area (Å²) in [6, 6.07) is 5.75. The Morgan fingerprint density at radius 2 is 2.28 bits per heavy atom. The molecule has 138 valence electrons. The van der Waals surface area contributed by atoms with Gasteiger partial charge in [0, 0.05) is 42.2 Å². The first-order valence-electron chi connectivity index (χ1n) is 9.18. The molecular formula is C19H28ClN3O2. The second-order valence-corrected chi connectivity index (χ2v) is 7.27. The third-order valence-electron chi connectivity index (χ3n) is 4.99. The van der Waals surface area contributed by atoms with E-state index in [-0.39, 0.29) is 0 Å². The molecule has 2 heterocycles. The van der Waals surface area contributed by atoms with Gasteiger partial charge in [0.15, 0.2) is 5.96 Å². The van der Waals surface area contributed by atoms with Gasteiger partial charge in [-0.05, 0) is 38.8 Å². The predicted octanol–water partition coefficient (Wildman–Crippen LogP) is 3.32. The van der Waals surface area contributed by atoms with Crippen LogP contribution in [0.3, 0.4) is 0 Å². The van der Waals surface area contributed by atoms with Crippen molar-refractivity contribution in [1.29, 1.82) is 0 Å². The van der Waals surface area contributed by atoms with Gasteiger partial charge in [-0.2, -0.15) is 0 Å². The largest absolute Gasteiger partial charge is 0.493 e. The molecule has 2 saturated heterocycles. The van der Waals surface area contributed by atoms with Gasteiger partial charge in [-0.1, -0.05) is 17.7 Å². The summed E-state index contributed by atoms with van der Waals surface area (Å²) in [4.78, 5) is 7.23. The van der Waals surface area contributed by atoms with Crippen molar-refractivity contribution < 1.29 is 9.47 Å². The van der Waals surface area contributed by atoms with E-state index < -0.39 is 0 Å². The van der Waals surface area contributed by atoms with Crippen molar-refractivity contribution in [2.45, 2.75) is 33.2 Å². The van der Waals surface area contributed by atoms with Gasteiger partial charge >= 0.3 is 0 Å². The number of rotatable bonds is 5. The van der Waals surface area contributed by atoms with Crippen LogP contribution < -0.4 is 10.1 Å². The third kappa shape index (κ3) is 4.39. The number of likely N-dealkylation sites (tertiary alicyclic amines) is 1. The smallest absolute Gasteiger partial charge is 0.194 e. The van der Waals surface area contributed by atoms with Crippen LogP contribution in [0.25, 0.3) is 0 Å². The summed E-state index contributed by atoms with van der Waals surface area (Å²) >= 11 is 6.09. The highest BCUT2D eigenvalue weighted by atomic mass is 35.5. The van der Waals surface area contributed by atoms with Gasteiger partial charge in [-0.25, -0.2) is 4.99 Å². The number of nitrogens with zero attached hydrogens (tertiary/aromatic N) is 2. The maximum atomic E-state index is 6.09.